The zero-order valence-electron chi connectivity index (χ0n) is 24.1. The molecule has 2 atom stereocenters. The Morgan fingerprint density at radius 2 is 1.68 bits per heavy atom. The third-order valence-corrected chi connectivity index (χ3v) is 10.1. The minimum atomic E-state index is -3.16. The fraction of sp³-hybridized carbons (Fsp3) is 0.484. The molecule has 0 saturated carbocycles. The lowest BCUT2D eigenvalue weighted by Crippen LogP contribution is -2.47. The lowest BCUT2D eigenvalue weighted by atomic mass is 9.87. The molecule has 40 heavy (non-hydrogen) atoms. The second-order valence-electron chi connectivity index (χ2n) is 12.3. The van der Waals surface area contributed by atoms with Gasteiger partial charge in [0.05, 0.1) is 17.1 Å². The number of anilines is 2. The predicted molar refractivity (Wildman–Crippen MR) is 161 cm³/mol. The van der Waals surface area contributed by atoms with Crippen LogP contribution >= 0.6 is 0 Å². The predicted octanol–water partition coefficient (Wildman–Crippen LogP) is 6.26. The number of rotatable bonds is 7. The van der Waals surface area contributed by atoms with Gasteiger partial charge in [-0.2, -0.15) is 9.40 Å². The van der Waals surface area contributed by atoms with Crippen LogP contribution in [-0.4, -0.2) is 46.4 Å². The van der Waals surface area contributed by atoms with Crippen LogP contribution in [0.1, 0.15) is 70.2 Å². The third kappa shape index (κ3) is 6.10. The van der Waals surface area contributed by atoms with Crippen LogP contribution in [0.15, 0.2) is 54.6 Å². The van der Waals surface area contributed by atoms with Crippen LogP contribution in [-0.2, 0) is 21.9 Å². The minimum Gasteiger partial charge on any atom is -0.308 e. The Hall–Kier alpha value is -3.17. The first-order chi connectivity index (χ1) is 18.9. The Morgan fingerprint density at radius 1 is 1.00 bits per heavy atom. The van der Waals surface area contributed by atoms with Gasteiger partial charge in [-0.05, 0) is 81.7 Å². The molecule has 3 aromatic rings. The van der Waals surface area contributed by atoms with Crippen molar-refractivity contribution < 1.29 is 13.2 Å². The molecule has 214 valence electrons. The molecule has 0 spiro atoms. The van der Waals surface area contributed by atoms with E-state index >= 15 is 0 Å². The molecule has 2 amide bonds. The number of fused-ring (bicyclic) bond motifs is 2. The van der Waals surface area contributed by atoms with E-state index in [9.17, 15) is 13.2 Å². The molecule has 0 aliphatic carbocycles. The van der Waals surface area contributed by atoms with Gasteiger partial charge < -0.3 is 5.32 Å². The first kappa shape index (κ1) is 28.4. The average molecular weight is 564 g/mol. The number of nitrogens with zero attached hydrogens (tertiary/aromatic N) is 3. The molecule has 2 aliphatic heterocycles. The number of benzene rings is 2. The maximum atomic E-state index is 13.1. The van der Waals surface area contributed by atoms with Crippen molar-refractivity contribution in [2.75, 3.05) is 16.4 Å². The van der Waals surface area contributed by atoms with E-state index in [0.717, 1.165) is 60.3 Å². The first-order valence-electron chi connectivity index (χ1n) is 14.3. The van der Waals surface area contributed by atoms with Gasteiger partial charge >= 0.3 is 6.03 Å². The third-order valence-electron chi connectivity index (χ3n) is 8.16. The number of hydrogen-bond acceptors (Lipinski definition) is 4. The molecule has 2 fully saturated rings. The number of carbonyl (C=O) groups is 1. The van der Waals surface area contributed by atoms with Crippen LogP contribution in [0.5, 0.6) is 0 Å². The number of sulfonamides is 1. The number of carbonyl (C=O) groups excluding carboxylic acids is 1. The summed E-state index contributed by atoms with van der Waals surface area (Å²) in [5, 5.41) is 10.8. The quantitative estimate of drug-likeness (QED) is 0.355. The number of piperidine rings is 1. The van der Waals surface area contributed by atoms with Crippen molar-refractivity contribution in [3.05, 3.63) is 71.4 Å². The van der Waals surface area contributed by atoms with Crippen molar-refractivity contribution in [1.29, 1.82) is 0 Å². The van der Waals surface area contributed by atoms with E-state index in [2.05, 4.69) is 37.5 Å². The zero-order chi connectivity index (χ0) is 28.7. The van der Waals surface area contributed by atoms with Crippen molar-refractivity contribution in [1.82, 2.24) is 14.1 Å². The van der Waals surface area contributed by atoms with Crippen LogP contribution in [0.3, 0.4) is 0 Å². The Morgan fingerprint density at radius 3 is 2.30 bits per heavy atom. The fourth-order valence-corrected chi connectivity index (χ4v) is 7.71. The van der Waals surface area contributed by atoms with Gasteiger partial charge in [-0.15, -0.1) is 0 Å². The number of aryl methyl sites for hydroxylation is 1. The summed E-state index contributed by atoms with van der Waals surface area (Å²) in [4.78, 5) is 13.1. The highest BCUT2D eigenvalue weighted by Crippen LogP contribution is 2.41. The molecule has 0 radical (unpaired) electrons. The van der Waals surface area contributed by atoms with E-state index in [1.54, 1.807) is 15.9 Å². The van der Waals surface area contributed by atoms with E-state index in [4.69, 9.17) is 5.10 Å². The summed E-state index contributed by atoms with van der Waals surface area (Å²) in [5.41, 5.74) is 4.62. The lowest BCUT2D eigenvalue weighted by molar-refractivity contribution is 0.190. The van der Waals surface area contributed by atoms with Gasteiger partial charge in [0.25, 0.3) is 0 Å². The minimum absolute atomic E-state index is 0.122. The molecule has 9 heteroatoms. The van der Waals surface area contributed by atoms with Gasteiger partial charge in [-0.3, -0.25) is 5.32 Å². The number of amides is 2. The molecule has 2 unspecified atom stereocenters. The zero-order valence-corrected chi connectivity index (χ0v) is 25.0. The normalized spacial score (nSPS) is 21.4. The Kier molecular flexibility index (Phi) is 7.81. The summed E-state index contributed by atoms with van der Waals surface area (Å²) in [7, 11) is -3.16. The van der Waals surface area contributed by atoms with E-state index in [1.807, 2.05) is 55.5 Å². The second kappa shape index (κ2) is 11.0. The molecule has 8 nitrogen and oxygen atoms in total. The molecule has 3 heterocycles. The SMILES string of the molecule is CCS(=O)(=O)N1C2CCC1CC(Cc1cccc(NC(=O)Nc3cc(C(C)(C)C)nn3-c3ccc(C)cc3)c1)C2. The Labute approximate surface area is 238 Å². The molecule has 2 saturated heterocycles. The van der Waals surface area contributed by atoms with Gasteiger partial charge in [0.1, 0.15) is 5.82 Å². The summed E-state index contributed by atoms with van der Waals surface area (Å²) >= 11 is 0. The highest BCUT2D eigenvalue weighted by molar-refractivity contribution is 7.89. The van der Waals surface area contributed by atoms with Gasteiger partial charge in [-0.1, -0.05) is 50.6 Å². The summed E-state index contributed by atoms with van der Waals surface area (Å²) in [6.07, 6.45) is 4.58. The number of aromatic nitrogens is 2. The van der Waals surface area contributed by atoms with Gasteiger partial charge in [-0.25, -0.2) is 17.9 Å². The van der Waals surface area contributed by atoms with Crippen LogP contribution in [0.4, 0.5) is 16.3 Å². The maximum absolute atomic E-state index is 13.1. The summed E-state index contributed by atoms with van der Waals surface area (Å²) < 4.78 is 28.8. The van der Waals surface area contributed by atoms with Crippen molar-refractivity contribution >= 4 is 27.6 Å². The topological polar surface area (TPSA) is 96.3 Å². The molecule has 2 aromatic carbocycles. The summed E-state index contributed by atoms with van der Waals surface area (Å²) in [6.45, 7) is 10.1. The second-order valence-corrected chi connectivity index (χ2v) is 14.5. The fourth-order valence-electron chi connectivity index (χ4n) is 6.12. The molecular weight excluding hydrogens is 522 g/mol. The molecule has 2 aliphatic rings. The first-order valence-corrected chi connectivity index (χ1v) is 15.9. The molecule has 2 bridgehead atoms. The Balaban J connectivity index is 1.26. The number of urea groups is 1. The van der Waals surface area contributed by atoms with Crippen molar-refractivity contribution in [3.8, 4) is 5.69 Å². The molecule has 2 N–H and O–H groups in total. The van der Waals surface area contributed by atoms with Gasteiger partial charge in [0.15, 0.2) is 0 Å². The van der Waals surface area contributed by atoms with Crippen LogP contribution in [0.2, 0.25) is 0 Å². The summed E-state index contributed by atoms with van der Waals surface area (Å²) in [5.74, 6) is 1.21. The highest BCUT2D eigenvalue weighted by atomic mass is 32.2. The highest BCUT2D eigenvalue weighted by Gasteiger charge is 2.45. The van der Waals surface area contributed by atoms with Crippen molar-refractivity contribution in [2.45, 2.75) is 84.2 Å². The number of hydrogen-bond donors (Lipinski definition) is 2. The van der Waals surface area contributed by atoms with E-state index < -0.39 is 10.0 Å². The summed E-state index contributed by atoms with van der Waals surface area (Å²) in [6, 6.07) is 17.8. The van der Waals surface area contributed by atoms with Gasteiger partial charge in [0, 0.05) is 29.3 Å². The largest absolute Gasteiger partial charge is 0.324 e. The lowest BCUT2D eigenvalue weighted by Gasteiger charge is -2.37. The molecule has 1 aromatic heterocycles. The van der Waals surface area contributed by atoms with Gasteiger partial charge in [0.2, 0.25) is 10.0 Å². The van der Waals surface area contributed by atoms with E-state index in [0.29, 0.717) is 11.7 Å². The van der Waals surface area contributed by atoms with Crippen molar-refractivity contribution in [3.63, 3.8) is 0 Å². The maximum Gasteiger partial charge on any atom is 0.324 e. The van der Waals surface area contributed by atoms with Crippen LogP contribution in [0.25, 0.3) is 5.69 Å². The van der Waals surface area contributed by atoms with Crippen molar-refractivity contribution in [2.24, 2.45) is 5.92 Å². The monoisotopic (exact) mass is 563 g/mol. The standard InChI is InChI=1S/C31H41N5O3S/c1-6-40(38,39)36-26-14-15-27(36)19-23(18-26)16-22-8-7-9-24(17-22)32-30(37)33-29-20-28(31(3,4)5)34-35(29)25-12-10-21(2)11-13-25/h7-13,17,20,23,26-27H,6,14-16,18-19H2,1-5H3,(H2,32,33,37). The average Bonchev–Trinajstić information content (AvgIpc) is 3.44. The number of nitrogens with one attached hydrogen (secondary N) is 2. The van der Waals surface area contributed by atoms with Crippen LogP contribution < -0.4 is 10.6 Å². The molecular formula is C31H41N5O3S. The van der Waals surface area contributed by atoms with E-state index in [-0.39, 0.29) is 29.3 Å². The smallest absolute Gasteiger partial charge is 0.308 e. The molecule has 5 rings (SSSR count). The van der Waals surface area contributed by atoms with E-state index in [1.165, 1.54) is 0 Å². The Bertz CT molecular complexity index is 1460. The van der Waals surface area contributed by atoms with Crippen LogP contribution in [0, 0.1) is 12.8 Å².